The number of carboxylic acids is 1. The van der Waals surface area contributed by atoms with Gasteiger partial charge in [-0.25, -0.2) is 18.2 Å². The fraction of sp³-hybridized carbons (Fsp3) is 0.143. The second kappa shape index (κ2) is 5.92. The van der Waals surface area contributed by atoms with Gasteiger partial charge in [0.1, 0.15) is 5.69 Å². The number of nitrogens with one attached hydrogen (secondary N) is 1. The smallest absolute Gasteiger partial charge is 0.354 e. The van der Waals surface area contributed by atoms with E-state index >= 15 is 0 Å². The summed E-state index contributed by atoms with van der Waals surface area (Å²) in [6, 6.07) is 9.15. The molecule has 1 aromatic carbocycles. The first kappa shape index (κ1) is 15.0. The first-order valence-electron chi connectivity index (χ1n) is 6.23. The summed E-state index contributed by atoms with van der Waals surface area (Å²) in [7, 11) is -3.71. The van der Waals surface area contributed by atoms with Crippen molar-refractivity contribution in [2.45, 2.75) is 18.2 Å². The Morgan fingerprint density at radius 3 is 2.33 bits per heavy atom. The van der Waals surface area contributed by atoms with Gasteiger partial charge in [-0.05, 0) is 36.2 Å². The lowest BCUT2D eigenvalue weighted by Crippen LogP contribution is -2.13. The predicted molar refractivity (Wildman–Crippen MR) is 77.8 cm³/mol. The van der Waals surface area contributed by atoms with E-state index in [4.69, 9.17) is 5.11 Å². The molecule has 0 bridgehead atoms. The van der Waals surface area contributed by atoms with E-state index in [2.05, 4.69) is 9.71 Å². The van der Waals surface area contributed by atoms with Crippen molar-refractivity contribution in [2.24, 2.45) is 0 Å². The number of hydrogen-bond donors (Lipinski definition) is 2. The maximum absolute atomic E-state index is 12.2. The zero-order valence-corrected chi connectivity index (χ0v) is 12.1. The molecule has 0 saturated carbocycles. The molecule has 0 spiro atoms. The van der Waals surface area contributed by atoms with E-state index in [9.17, 15) is 13.2 Å². The highest BCUT2D eigenvalue weighted by molar-refractivity contribution is 7.92. The molecule has 0 unspecified atom stereocenters. The van der Waals surface area contributed by atoms with Crippen molar-refractivity contribution in [1.29, 1.82) is 0 Å². The highest BCUT2D eigenvalue weighted by atomic mass is 32.2. The molecule has 7 heteroatoms. The summed E-state index contributed by atoms with van der Waals surface area (Å²) in [6.45, 7) is 1.98. The molecule has 1 aromatic heterocycles. The number of nitrogens with zero attached hydrogens (tertiary/aromatic N) is 1. The Hall–Kier alpha value is -2.41. The van der Waals surface area contributed by atoms with E-state index in [1.165, 1.54) is 30.5 Å². The molecule has 0 atom stereocenters. The summed E-state index contributed by atoms with van der Waals surface area (Å²) in [4.78, 5) is 14.5. The van der Waals surface area contributed by atoms with E-state index in [-0.39, 0.29) is 16.3 Å². The average Bonchev–Trinajstić information content (AvgIpc) is 2.47. The number of carboxylic acid groups (broad SMARTS) is 1. The topological polar surface area (TPSA) is 96.4 Å². The Balaban J connectivity index is 2.21. The first-order valence-corrected chi connectivity index (χ1v) is 7.72. The third kappa shape index (κ3) is 3.57. The molecule has 1 heterocycles. The van der Waals surface area contributed by atoms with Gasteiger partial charge in [-0.3, -0.25) is 4.72 Å². The normalized spacial score (nSPS) is 11.1. The minimum Gasteiger partial charge on any atom is -0.477 e. The van der Waals surface area contributed by atoms with Crippen LogP contribution >= 0.6 is 0 Å². The van der Waals surface area contributed by atoms with Crippen LogP contribution in [0, 0.1) is 0 Å². The maximum atomic E-state index is 12.2. The quantitative estimate of drug-likeness (QED) is 0.882. The van der Waals surface area contributed by atoms with Gasteiger partial charge in [-0.15, -0.1) is 0 Å². The zero-order valence-electron chi connectivity index (χ0n) is 11.3. The number of carbonyl (C=O) groups is 1. The lowest BCUT2D eigenvalue weighted by molar-refractivity contribution is 0.0690. The van der Waals surface area contributed by atoms with E-state index in [0.29, 0.717) is 0 Å². The van der Waals surface area contributed by atoms with Crippen LogP contribution < -0.4 is 4.72 Å². The van der Waals surface area contributed by atoms with Gasteiger partial charge < -0.3 is 5.11 Å². The second-order valence-corrected chi connectivity index (χ2v) is 6.02. The fourth-order valence-electron chi connectivity index (χ4n) is 1.70. The molecule has 0 aliphatic heterocycles. The summed E-state index contributed by atoms with van der Waals surface area (Å²) >= 11 is 0. The number of anilines is 1. The Morgan fingerprint density at radius 2 is 1.86 bits per heavy atom. The van der Waals surface area contributed by atoms with Gasteiger partial charge in [0.05, 0.1) is 16.8 Å². The number of hydrogen-bond acceptors (Lipinski definition) is 4. The van der Waals surface area contributed by atoms with Crippen molar-refractivity contribution in [3.63, 3.8) is 0 Å². The molecular formula is C14H14N2O4S. The molecule has 2 N–H and O–H groups in total. The van der Waals surface area contributed by atoms with E-state index in [1.807, 2.05) is 6.92 Å². The lowest BCUT2D eigenvalue weighted by Gasteiger charge is -2.08. The van der Waals surface area contributed by atoms with Crippen molar-refractivity contribution in [3.8, 4) is 0 Å². The third-order valence-corrected chi connectivity index (χ3v) is 4.27. The molecule has 0 amide bonds. The standard InChI is InChI=1S/C14H14N2O4S/c1-2-10-3-6-12(7-4-10)21(19,20)16-11-5-8-13(14(17)18)15-9-11/h3-9,16H,2H2,1H3,(H,17,18). The van der Waals surface area contributed by atoms with Crippen LogP contribution in [0.1, 0.15) is 23.0 Å². The largest absolute Gasteiger partial charge is 0.477 e. The van der Waals surface area contributed by atoms with Gasteiger partial charge in [-0.1, -0.05) is 19.1 Å². The average molecular weight is 306 g/mol. The minimum atomic E-state index is -3.71. The summed E-state index contributed by atoms with van der Waals surface area (Å²) in [6.07, 6.45) is 2.00. The van der Waals surface area contributed by atoms with Crippen LogP contribution in [0.5, 0.6) is 0 Å². The zero-order chi connectivity index (χ0) is 15.5. The van der Waals surface area contributed by atoms with Crippen LogP contribution in [0.4, 0.5) is 5.69 Å². The van der Waals surface area contributed by atoms with Crippen LogP contribution in [0.2, 0.25) is 0 Å². The second-order valence-electron chi connectivity index (χ2n) is 4.34. The maximum Gasteiger partial charge on any atom is 0.354 e. The molecule has 0 fully saturated rings. The number of aromatic nitrogens is 1. The van der Waals surface area contributed by atoms with Crippen molar-refractivity contribution in [3.05, 3.63) is 53.9 Å². The molecule has 6 nitrogen and oxygen atoms in total. The van der Waals surface area contributed by atoms with E-state index in [0.717, 1.165) is 12.0 Å². The van der Waals surface area contributed by atoms with Crippen LogP contribution in [-0.2, 0) is 16.4 Å². The van der Waals surface area contributed by atoms with Gasteiger partial charge in [0.25, 0.3) is 10.0 Å². The molecule has 0 saturated heterocycles. The number of pyridine rings is 1. The van der Waals surface area contributed by atoms with Crippen molar-refractivity contribution < 1.29 is 18.3 Å². The van der Waals surface area contributed by atoms with Gasteiger partial charge in [-0.2, -0.15) is 0 Å². The molecule has 0 aliphatic carbocycles. The highest BCUT2D eigenvalue weighted by Gasteiger charge is 2.14. The summed E-state index contributed by atoms with van der Waals surface area (Å²) in [5.41, 5.74) is 1.10. The molecule has 0 radical (unpaired) electrons. The van der Waals surface area contributed by atoms with Crippen LogP contribution in [0.3, 0.4) is 0 Å². The summed E-state index contributed by atoms with van der Waals surface area (Å²) in [5, 5.41) is 8.73. The van der Waals surface area contributed by atoms with E-state index < -0.39 is 16.0 Å². The molecular weight excluding hydrogens is 292 g/mol. The molecule has 2 aromatic rings. The first-order chi connectivity index (χ1) is 9.92. The van der Waals surface area contributed by atoms with Gasteiger partial charge in [0.2, 0.25) is 0 Å². The molecule has 2 rings (SSSR count). The highest BCUT2D eigenvalue weighted by Crippen LogP contribution is 2.16. The van der Waals surface area contributed by atoms with Gasteiger partial charge >= 0.3 is 5.97 Å². The number of sulfonamides is 1. The lowest BCUT2D eigenvalue weighted by atomic mass is 10.2. The SMILES string of the molecule is CCc1ccc(S(=O)(=O)Nc2ccc(C(=O)O)nc2)cc1. The molecule has 21 heavy (non-hydrogen) atoms. The number of benzene rings is 1. The van der Waals surface area contributed by atoms with E-state index in [1.54, 1.807) is 12.1 Å². The Kier molecular flexibility index (Phi) is 4.23. The Bertz CT molecular complexity index is 738. The van der Waals surface area contributed by atoms with Crippen molar-refractivity contribution in [1.82, 2.24) is 4.98 Å². The summed E-state index contributed by atoms with van der Waals surface area (Å²) in [5.74, 6) is -1.17. The number of aromatic carboxylic acids is 1. The molecule has 0 aliphatic rings. The van der Waals surface area contributed by atoms with Gasteiger partial charge in [0.15, 0.2) is 0 Å². The van der Waals surface area contributed by atoms with Crippen LogP contribution in [0.15, 0.2) is 47.5 Å². The fourth-order valence-corrected chi connectivity index (χ4v) is 2.74. The molecule has 110 valence electrons. The Morgan fingerprint density at radius 1 is 1.19 bits per heavy atom. The monoisotopic (exact) mass is 306 g/mol. The van der Waals surface area contributed by atoms with Gasteiger partial charge in [0, 0.05) is 0 Å². The van der Waals surface area contributed by atoms with Crippen molar-refractivity contribution >= 4 is 21.7 Å². The number of aryl methyl sites for hydroxylation is 1. The summed E-state index contributed by atoms with van der Waals surface area (Å²) < 4.78 is 26.7. The minimum absolute atomic E-state index is 0.141. The van der Waals surface area contributed by atoms with Crippen LogP contribution in [0.25, 0.3) is 0 Å². The van der Waals surface area contributed by atoms with Crippen molar-refractivity contribution in [2.75, 3.05) is 4.72 Å². The predicted octanol–water partition coefficient (Wildman–Crippen LogP) is 2.14. The number of rotatable bonds is 5. The third-order valence-electron chi connectivity index (χ3n) is 2.88. The Labute approximate surface area is 122 Å². The van der Waals surface area contributed by atoms with Crippen LogP contribution in [-0.4, -0.2) is 24.5 Å².